The molecule has 0 saturated heterocycles. The molecule has 0 bridgehead atoms. The van der Waals surface area contributed by atoms with Gasteiger partial charge in [-0.1, -0.05) is 27.7 Å². The molecule has 10 atom stereocenters. The molecule has 0 heterocycles. The van der Waals surface area contributed by atoms with E-state index >= 15 is 0 Å². The Hall–Kier alpha value is -1.63. The second-order valence-corrected chi connectivity index (χ2v) is 13.4. The van der Waals surface area contributed by atoms with Crippen LogP contribution < -0.4 is 5.32 Å². The molecule has 1 N–H and O–H groups in total. The van der Waals surface area contributed by atoms with E-state index < -0.39 is 6.10 Å². The second-order valence-electron chi connectivity index (χ2n) is 13.4. The largest absolute Gasteiger partial charge is 0.469 e. The van der Waals surface area contributed by atoms with Crippen molar-refractivity contribution in [1.29, 1.82) is 0 Å². The number of hydrogen-bond donors (Lipinski definition) is 1. The molecule has 4 rings (SSSR count). The first-order chi connectivity index (χ1) is 17.4. The number of hydrogen-bond acceptors (Lipinski definition) is 7. The number of esters is 3. The third-order valence-electron chi connectivity index (χ3n) is 10.8. The molecule has 4 aliphatic carbocycles. The van der Waals surface area contributed by atoms with Crippen molar-refractivity contribution < 1.29 is 28.6 Å². The normalized spacial score (nSPS) is 42.8. The molecule has 0 amide bonds. The highest BCUT2D eigenvalue weighted by atomic mass is 16.6. The Balaban J connectivity index is 1.68. The lowest BCUT2D eigenvalue weighted by molar-refractivity contribution is -0.199. The van der Waals surface area contributed by atoms with Gasteiger partial charge in [0, 0.05) is 19.9 Å². The van der Waals surface area contributed by atoms with Gasteiger partial charge in [0.1, 0.15) is 12.2 Å². The molecule has 0 unspecified atom stereocenters. The van der Waals surface area contributed by atoms with Gasteiger partial charge >= 0.3 is 17.9 Å². The van der Waals surface area contributed by atoms with E-state index in [-0.39, 0.29) is 46.8 Å². The van der Waals surface area contributed by atoms with Gasteiger partial charge in [0.15, 0.2) is 0 Å². The lowest BCUT2D eigenvalue weighted by Crippen LogP contribution is -2.64. The summed E-state index contributed by atoms with van der Waals surface area (Å²) in [5.74, 6) is 1.70. The summed E-state index contributed by atoms with van der Waals surface area (Å²) in [6.07, 6.45) is 6.91. The van der Waals surface area contributed by atoms with Crippen molar-refractivity contribution in [3.63, 3.8) is 0 Å². The van der Waals surface area contributed by atoms with Crippen LogP contribution in [0.25, 0.3) is 0 Å². The van der Waals surface area contributed by atoms with Gasteiger partial charge in [0.25, 0.3) is 0 Å². The van der Waals surface area contributed by atoms with Crippen LogP contribution in [0.2, 0.25) is 0 Å². The van der Waals surface area contributed by atoms with Crippen molar-refractivity contribution in [2.75, 3.05) is 13.7 Å². The fraction of sp³-hybridized carbons (Fsp3) is 0.900. The van der Waals surface area contributed by atoms with E-state index in [1.165, 1.54) is 21.0 Å². The average Bonchev–Trinajstić information content (AvgIpc) is 3.14. The van der Waals surface area contributed by atoms with Crippen LogP contribution in [0.15, 0.2) is 0 Å². The molecular weight excluding hydrogens is 470 g/mol. The van der Waals surface area contributed by atoms with E-state index in [9.17, 15) is 14.4 Å². The van der Waals surface area contributed by atoms with Crippen LogP contribution in [-0.2, 0) is 28.6 Å². The zero-order valence-corrected chi connectivity index (χ0v) is 24.0. The summed E-state index contributed by atoms with van der Waals surface area (Å²) in [4.78, 5) is 36.8. The Morgan fingerprint density at radius 1 is 0.919 bits per heavy atom. The molecule has 7 heteroatoms. The topological polar surface area (TPSA) is 90.9 Å². The van der Waals surface area contributed by atoms with E-state index in [2.05, 4.69) is 33.0 Å². The summed E-state index contributed by atoms with van der Waals surface area (Å²) in [5.41, 5.74) is -0.114. The SMILES string of the molecule is COC(=O)[C@H]1CC[C@H]2[C@@H]3CC[C@H]4C[C@@H](OC(C)=O)[C@@H](OC(C)=O)C[C@]4(C)[C@H]3[C@@H](NCCC(C)C)C[C@]12C. The van der Waals surface area contributed by atoms with Gasteiger partial charge in [-0.15, -0.1) is 0 Å². The fourth-order valence-electron chi connectivity index (χ4n) is 9.38. The zero-order chi connectivity index (χ0) is 27.1. The van der Waals surface area contributed by atoms with Gasteiger partial charge in [-0.25, -0.2) is 0 Å². The molecule has 0 aromatic rings. The molecule has 0 radical (unpaired) electrons. The quantitative estimate of drug-likeness (QED) is 0.378. The van der Waals surface area contributed by atoms with Crippen LogP contribution in [-0.4, -0.2) is 49.8 Å². The van der Waals surface area contributed by atoms with E-state index in [0.29, 0.717) is 36.0 Å². The number of nitrogens with one attached hydrogen (secondary N) is 1. The third kappa shape index (κ3) is 5.31. The van der Waals surface area contributed by atoms with E-state index in [1.54, 1.807) is 0 Å². The van der Waals surface area contributed by atoms with E-state index in [1.807, 2.05) is 0 Å². The van der Waals surface area contributed by atoms with Gasteiger partial charge in [-0.05, 0) is 98.3 Å². The number of fused-ring (bicyclic) bond motifs is 5. The van der Waals surface area contributed by atoms with Gasteiger partial charge in [-0.2, -0.15) is 0 Å². The van der Waals surface area contributed by atoms with Crippen molar-refractivity contribution in [3.8, 4) is 0 Å². The van der Waals surface area contributed by atoms with Crippen molar-refractivity contribution >= 4 is 17.9 Å². The minimum absolute atomic E-state index is 0.0418. The zero-order valence-electron chi connectivity index (χ0n) is 24.0. The Morgan fingerprint density at radius 3 is 2.22 bits per heavy atom. The average molecular weight is 520 g/mol. The van der Waals surface area contributed by atoms with Crippen LogP contribution in [0, 0.1) is 46.3 Å². The summed E-state index contributed by atoms with van der Waals surface area (Å²) in [7, 11) is 1.52. The highest BCUT2D eigenvalue weighted by Gasteiger charge is 2.65. The van der Waals surface area contributed by atoms with E-state index in [4.69, 9.17) is 14.2 Å². The molecule has 4 fully saturated rings. The fourth-order valence-corrected chi connectivity index (χ4v) is 9.38. The number of methoxy groups -OCH3 is 1. The number of carbonyl (C=O) groups is 3. The summed E-state index contributed by atoms with van der Waals surface area (Å²) >= 11 is 0. The molecule has 7 nitrogen and oxygen atoms in total. The lowest BCUT2D eigenvalue weighted by Gasteiger charge is -2.64. The first kappa shape index (κ1) is 28.4. The monoisotopic (exact) mass is 519 g/mol. The summed E-state index contributed by atoms with van der Waals surface area (Å²) in [6.45, 7) is 13.1. The Morgan fingerprint density at radius 2 is 1.59 bits per heavy atom. The number of rotatable bonds is 7. The maximum atomic E-state index is 12.9. The lowest BCUT2D eigenvalue weighted by atomic mass is 9.43. The predicted molar refractivity (Wildman–Crippen MR) is 140 cm³/mol. The van der Waals surface area contributed by atoms with Crippen LogP contribution in [0.5, 0.6) is 0 Å². The van der Waals surface area contributed by atoms with Crippen LogP contribution >= 0.6 is 0 Å². The van der Waals surface area contributed by atoms with Crippen molar-refractivity contribution in [2.24, 2.45) is 46.3 Å². The Kier molecular flexibility index (Phi) is 8.33. The molecule has 0 aromatic carbocycles. The van der Waals surface area contributed by atoms with Gasteiger partial charge < -0.3 is 19.5 Å². The molecule has 0 spiro atoms. The predicted octanol–water partition coefficient (Wildman–Crippen LogP) is 4.91. The summed E-state index contributed by atoms with van der Waals surface area (Å²) in [6, 6.07) is 0.284. The molecule has 37 heavy (non-hydrogen) atoms. The second kappa shape index (κ2) is 10.9. The molecule has 210 valence electrons. The maximum Gasteiger partial charge on any atom is 0.309 e. The molecule has 0 aliphatic heterocycles. The molecule has 4 saturated carbocycles. The van der Waals surface area contributed by atoms with Crippen molar-refractivity contribution in [2.45, 2.75) is 111 Å². The number of ether oxygens (including phenoxy) is 3. The van der Waals surface area contributed by atoms with Crippen molar-refractivity contribution in [1.82, 2.24) is 5.32 Å². The molecular formula is C30H49NO6. The third-order valence-corrected chi connectivity index (χ3v) is 10.8. The number of carbonyl (C=O) groups excluding carboxylic acids is 3. The summed E-state index contributed by atoms with van der Waals surface area (Å²) in [5, 5.41) is 3.98. The van der Waals surface area contributed by atoms with Crippen molar-refractivity contribution in [3.05, 3.63) is 0 Å². The highest BCUT2D eigenvalue weighted by molar-refractivity contribution is 5.74. The Labute approximate surface area is 223 Å². The van der Waals surface area contributed by atoms with Gasteiger partial charge in [0.05, 0.1) is 13.0 Å². The van der Waals surface area contributed by atoms with Crippen LogP contribution in [0.3, 0.4) is 0 Å². The van der Waals surface area contributed by atoms with Gasteiger partial charge in [0.2, 0.25) is 0 Å². The van der Waals surface area contributed by atoms with Crippen LogP contribution in [0.1, 0.15) is 92.9 Å². The minimum Gasteiger partial charge on any atom is -0.469 e. The maximum absolute atomic E-state index is 12.9. The molecule has 4 aliphatic rings. The standard InChI is InChI=1S/C30H49NO6/c1-17(2)12-13-31-24-15-30(6)22(10-11-23(30)28(34)35-7)21-9-8-20-14-25(36-18(3)32)26(37-19(4)33)16-29(20,5)27(21)24/h17,20-27,31H,8-16H2,1-7H3/t20-,21-,22-,23+,24-,25+,26-,27+,29-,30-/m0/s1. The highest BCUT2D eigenvalue weighted by Crippen LogP contribution is 2.67. The minimum atomic E-state index is -0.419. The smallest absolute Gasteiger partial charge is 0.309 e. The first-order valence-electron chi connectivity index (χ1n) is 14.6. The summed E-state index contributed by atoms with van der Waals surface area (Å²) < 4.78 is 16.8. The van der Waals surface area contributed by atoms with Gasteiger partial charge in [-0.3, -0.25) is 14.4 Å². The first-order valence-corrected chi connectivity index (χ1v) is 14.6. The van der Waals surface area contributed by atoms with Crippen LogP contribution in [0.4, 0.5) is 0 Å². The Bertz CT molecular complexity index is 874. The van der Waals surface area contributed by atoms with E-state index in [0.717, 1.165) is 51.5 Å². The molecule has 0 aromatic heterocycles.